The molecule has 6 aromatic carbocycles. The lowest BCUT2D eigenvalue weighted by Crippen LogP contribution is -2.49. The summed E-state index contributed by atoms with van der Waals surface area (Å²) in [5, 5.41) is 13.8. The van der Waals surface area contributed by atoms with Crippen LogP contribution in [0.1, 0.15) is 85.5 Å². The third-order valence-corrected chi connectivity index (χ3v) is 13.9. The zero-order valence-electron chi connectivity index (χ0n) is 36.4. The fourth-order valence-corrected chi connectivity index (χ4v) is 10.2. The Hall–Kier alpha value is -5.70. The second kappa shape index (κ2) is 19.8. The van der Waals surface area contributed by atoms with E-state index in [4.69, 9.17) is 19.3 Å². The van der Waals surface area contributed by atoms with Gasteiger partial charge >= 0.3 is 11.9 Å². The number of ether oxygens (including phenoxy) is 3. The monoisotopic (exact) mass is 844 g/mol. The van der Waals surface area contributed by atoms with Crippen molar-refractivity contribution >= 4 is 33.5 Å². The molecule has 0 unspecified atom stereocenters. The van der Waals surface area contributed by atoms with Crippen LogP contribution in [0.25, 0.3) is 21.5 Å². The summed E-state index contributed by atoms with van der Waals surface area (Å²) in [4.78, 5) is 27.1. The lowest BCUT2D eigenvalue weighted by atomic mass is 9.83. The molecule has 8 heteroatoms. The highest BCUT2D eigenvalue weighted by Gasteiger charge is 2.34. The van der Waals surface area contributed by atoms with Gasteiger partial charge in [-0.1, -0.05) is 109 Å². The summed E-state index contributed by atoms with van der Waals surface area (Å²) in [5.41, 5.74) is 5.40. The van der Waals surface area contributed by atoms with E-state index in [1.54, 1.807) is 0 Å². The van der Waals surface area contributed by atoms with Gasteiger partial charge in [-0.05, 0) is 120 Å². The van der Waals surface area contributed by atoms with Crippen molar-refractivity contribution in [3.63, 3.8) is 0 Å². The third-order valence-electron chi connectivity index (χ3n) is 13.9. The number of likely N-dealkylation sites (tertiary alicyclic amines) is 2. The molecule has 2 saturated carbocycles. The molecule has 326 valence electrons. The quantitative estimate of drug-likeness (QED) is 0.122. The van der Waals surface area contributed by atoms with E-state index in [0.29, 0.717) is 24.9 Å². The average molecular weight is 845 g/mol. The van der Waals surface area contributed by atoms with Crippen molar-refractivity contribution in [2.75, 3.05) is 33.3 Å². The van der Waals surface area contributed by atoms with Crippen LogP contribution in [0.15, 0.2) is 133 Å². The first-order valence-electron chi connectivity index (χ1n) is 23.1. The highest BCUT2D eigenvalue weighted by molar-refractivity contribution is 5.89. The number of rotatable bonds is 12. The van der Waals surface area contributed by atoms with Crippen molar-refractivity contribution in [1.29, 1.82) is 0 Å². The van der Waals surface area contributed by atoms with E-state index < -0.39 is 5.97 Å². The van der Waals surface area contributed by atoms with E-state index in [1.165, 1.54) is 71.2 Å². The van der Waals surface area contributed by atoms with Gasteiger partial charge in [0.25, 0.3) is 0 Å². The van der Waals surface area contributed by atoms with Crippen LogP contribution < -0.4 is 9.47 Å². The fourth-order valence-electron chi connectivity index (χ4n) is 10.2. The summed E-state index contributed by atoms with van der Waals surface area (Å²) < 4.78 is 17.8. The number of benzene rings is 6. The van der Waals surface area contributed by atoms with Gasteiger partial charge in [-0.25, -0.2) is 0 Å². The number of carbonyl (C=O) groups excluding carboxylic acids is 1. The Kier molecular flexibility index (Phi) is 13.4. The Balaban J connectivity index is 0.000000160. The molecule has 0 bridgehead atoms. The predicted octanol–water partition coefficient (Wildman–Crippen LogP) is 11.0. The van der Waals surface area contributed by atoms with E-state index in [2.05, 4.69) is 143 Å². The summed E-state index contributed by atoms with van der Waals surface area (Å²) in [6.07, 6.45) is 9.68. The first-order valence-corrected chi connectivity index (χ1v) is 23.1. The molecule has 0 amide bonds. The van der Waals surface area contributed by atoms with Crippen LogP contribution >= 0.6 is 0 Å². The summed E-state index contributed by atoms with van der Waals surface area (Å²) in [7, 11) is 1.46. The predicted molar refractivity (Wildman–Crippen MR) is 249 cm³/mol. The second-order valence-electron chi connectivity index (χ2n) is 18.3. The van der Waals surface area contributed by atoms with Crippen LogP contribution in [0.2, 0.25) is 0 Å². The van der Waals surface area contributed by atoms with Gasteiger partial charge in [-0.15, -0.1) is 0 Å². The first-order chi connectivity index (χ1) is 30.8. The van der Waals surface area contributed by atoms with Crippen molar-refractivity contribution in [1.82, 2.24) is 9.80 Å². The standard InChI is InChI=1S/C28H31NO3.C27H29NO3/c1-31-28(30)24-18-29(19-24)17-20-10-15-26-23(16-20)8-5-9-27(26)32-25-13-11-22(12-14-25)21-6-3-2-4-7-21;29-27(30)23-17-28(18-23)16-19-9-14-25-22(15-19)7-4-8-26(25)31-24-12-10-21(11-13-24)20-5-2-1-3-6-20/h2-10,15-16,22,24-25H,11-14,17-19H2,1H3;1-9,14-15,21,23-24H,10-13,16-18H2,(H,29,30). The molecular weight excluding hydrogens is 785 g/mol. The van der Waals surface area contributed by atoms with Crippen LogP contribution in [-0.4, -0.2) is 72.3 Å². The number of carbonyl (C=O) groups is 2. The van der Waals surface area contributed by atoms with Crippen LogP contribution in [0.3, 0.4) is 0 Å². The van der Waals surface area contributed by atoms with E-state index >= 15 is 0 Å². The van der Waals surface area contributed by atoms with Gasteiger partial charge in [0.15, 0.2) is 0 Å². The number of esters is 1. The molecule has 0 atom stereocenters. The maximum atomic E-state index is 11.6. The summed E-state index contributed by atoms with van der Waals surface area (Å²) in [6.45, 7) is 4.50. The number of hydrogen-bond acceptors (Lipinski definition) is 7. The minimum Gasteiger partial charge on any atom is -0.490 e. The molecule has 2 saturated heterocycles. The zero-order valence-corrected chi connectivity index (χ0v) is 36.4. The summed E-state index contributed by atoms with van der Waals surface area (Å²) in [6, 6.07) is 47.5. The number of nitrogens with zero attached hydrogens (tertiary/aromatic N) is 2. The van der Waals surface area contributed by atoms with Gasteiger partial charge < -0.3 is 19.3 Å². The molecule has 10 rings (SSSR count). The number of hydrogen-bond donors (Lipinski definition) is 1. The van der Waals surface area contributed by atoms with Crippen molar-refractivity contribution in [3.8, 4) is 11.5 Å². The van der Waals surface area contributed by atoms with Crippen molar-refractivity contribution in [2.24, 2.45) is 11.8 Å². The zero-order chi connectivity index (χ0) is 43.1. The molecule has 6 aromatic rings. The number of carboxylic acids is 1. The number of carboxylic acid groups (broad SMARTS) is 1. The fraction of sp³-hybridized carbons (Fsp3) is 0.382. The van der Waals surface area contributed by atoms with E-state index in [0.717, 1.165) is 68.7 Å². The van der Waals surface area contributed by atoms with E-state index in [1.807, 2.05) is 0 Å². The maximum absolute atomic E-state index is 11.6. The minimum atomic E-state index is -0.686. The molecule has 0 spiro atoms. The van der Waals surface area contributed by atoms with Gasteiger partial charge in [0.05, 0.1) is 31.2 Å². The van der Waals surface area contributed by atoms with Gasteiger partial charge in [-0.2, -0.15) is 0 Å². The summed E-state index contributed by atoms with van der Waals surface area (Å²) >= 11 is 0. The summed E-state index contributed by atoms with van der Waals surface area (Å²) in [5.74, 6) is 2.31. The van der Waals surface area contributed by atoms with Crippen molar-refractivity contribution in [3.05, 3.63) is 156 Å². The van der Waals surface area contributed by atoms with Crippen LogP contribution in [0, 0.1) is 11.8 Å². The molecule has 4 aliphatic rings. The maximum Gasteiger partial charge on any atom is 0.311 e. The molecule has 0 aromatic heterocycles. The molecule has 8 nitrogen and oxygen atoms in total. The van der Waals surface area contributed by atoms with Gasteiger partial charge in [0.1, 0.15) is 11.5 Å². The number of methoxy groups -OCH3 is 1. The van der Waals surface area contributed by atoms with E-state index in [9.17, 15) is 9.59 Å². The van der Waals surface area contributed by atoms with Crippen LogP contribution in [-0.2, 0) is 27.4 Å². The van der Waals surface area contributed by atoms with Gasteiger partial charge in [-0.3, -0.25) is 19.4 Å². The average Bonchev–Trinajstić information content (AvgIpc) is 3.29. The highest BCUT2D eigenvalue weighted by Crippen LogP contribution is 2.38. The normalized spacial score (nSPS) is 22.0. The Morgan fingerprint density at radius 1 is 0.524 bits per heavy atom. The topological polar surface area (TPSA) is 88.5 Å². The number of aliphatic carboxylic acids is 1. The molecule has 2 aliphatic heterocycles. The van der Waals surface area contributed by atoms with Crippen LogP contribution in [0.4, 0.5) is 0 Å². The smallest absolute Gasteiger partial charge is 0.311 e. The van der Waals surface area contributed by atoms with Crippen molar-refractivity contribution in [2.45, 2.75) is 88.5 Å². The molecule has 1 N–H and O–H groups in total. The van der Waals surface area contributed by atoms with E-state index in [-0.39, 0.29) is 30.0 Å². The van der Waals surface area contributed by atoms with Crippen LogP contribution in [0.5, 0.6) is 11.5 Å². The lowest BCUT2D eigenvalue weighted by Gasteiger charge is -2.37. The Bertz CT molecular complexity index is 2460. The second-order valence-corrected chi connectivity index (χ2v) is 18.3. The first kappa shape index (κ1) is 42.6. The molecule has 0 radical (unpaired) electrons. The Labute approximate surface area is 371 Å². The van der Waals surface area contributed by atoms with Gasteiger partial charge in [0, 0.05) is 50.0 Å². The molecule has 2 heterocycles. The largest absolute Gasteiger partial charge is 0.490 e. The third kappa shape index (κ3) is 10.4. The van der Waals surface area contributed by atoms with Crippen molar-refractivity contribution < 1.29 is 28.9 Å². The molecular formula is C55H60N2O6. The lowest BCUT2D eigenvalue weighted by molar-refractivity contribution is -0.151. The van der Waals surface area contributed by atoms with Gasteiger partial charge in [0.2, 0.25) is 0 Å². The molecule has 2 aliphatic carbocycles. The molecule has 63 heavy (non-hydrogen) atoms. The Morgan fingerprint density at radius 3 is 1.37 bits per heavy atom. The molecule has 4 fully saturated rings. The minimum absolute atomic E-state index is 0.0254. The Morgan fingerprint density at radius 2 is 0.952 bits per heavy atom. The SMILES string of the molecule is COC(=O)C1CN(Cc2ccc3c(OC4CCC(c5ccccc5)CC4)cccc3c2)C1.O=C(O)C1CN(Cc2ccc3c(OC4CCC(c5ccccc5)CC4)cccc3c2)C1. The highest BCUT2D eigenvalue weighted by atomic mass is 16.5. The number of fused-ring (bicyclic) bond motifs is 2.